The van der Waals surface area contributed by atoms with Gasteiger partial charge >= 0.3 is 11.0 Å². The number of halogens is 6. The number of aryl methyl sites for hydroxylation is 2. The molecule has 0 aliphatic carbocycles. The molecular weight excluding hydrogens is 622 g/mol. The number of pyridine rings is 2. The normalized spacial score (nSPS) is 12.4. The number of nitrogens with zero attached hydrogens (tertiary/aromatic N) is 6. The van der Waals surface area contributed by atoms with E-state index in [2.05, 4.69) is 117 Å². The molecule has 234 valence electrons. The highest BCUT2D eigenvalue weighted by atomic mass is 32.2. The average Bonchev–Trinajstić information content (AvgIpc) is 3.40. The van der Waals surface area contributed by atoms with Gasteiger partial charge in [0.15, 0.2) is 31.3 Å². The summed E-state index contributed by atoms with van der Waals surface area (Å²) in [7, 11) is -3.76. The van der Waals surface area contributed by atoms with E-state index >= 15 is 0 Å². The number of hydrogen-bond acceptors (Lipinski definition) is 8. The van der Waals surface area contributed by atoms with E-state index in [4.69, 9.17) is 25.9 Å². The minimum atomic E-state index is -6.09. The smallest absolute Gasteiger partial charge is 0.485 e. The van der Waals surface area contributed by atoms with Crippen LogP contribution in [-0.2, 0) is 34.3 Å². The number of rotatable bonds is 5. The Morgan fingerprint density at radius 2 is 0.976 bits per heavy atom. The minimum absolute atomic E-state index is 0.932. The molecule has 0 N–H and O–H groups in total. The van der Waals surface area contributed by atoms with Gasteiger partial charge in [0.05, 0.1) is 14.1 Å². The van der Waals surface area contributed by atoms with Crippen molar-refractivity contribution in [2.75, 3.05) is 37.0 Å². The summed E-state index contributed by atoms with van der Waals surface area (Å²) in [6.07, 6.45) is 8.50. The summed E-state index contributed by atoms with van der Waals surface area (Å²) in [5.41, 5.74) is -8.88. The molecular formula is C22H26F6N6O6S2. The first-order valence-corrected chi connectivity index (χ1v) is 14.2. The van der Waals surface area contributed by atoms with Crippen molar-refractivity contribution >= 4 is 42.9 Å². The van der Waals surface area contributed by atoms with Crippen LogP contribution in [-0.4, -0.2) is 72.9 Å². The summed E-state index contributed by atoms with van der Waals surface area (Å²) in [5, 5.41) is 0. The monoisotopic (exact) mass is 648 g/mol. The SMILES string of the molecule is CN(CCN(C)c1cccc2c[n+](C)cn12)c1cccc2c[n+](C)cn12.O=S(=O)([O-])C(F)(F)F.O=S(=O)([O-])C(F)(F)F. The van der Waals surface area contributed by atoms with Gasteiger partial charge in [-0.2, -0.15) is 35.1 Å². The van der Waals surface area contributed by atoms with E-state index < -0.39 is 31.3 Å². The third-order valence-electron chi connectivity index (χ3n) is 5.46. The van der Waals surface area contributed by atoms with E-state index in [0.717, 1.165) is 13.1 Å². The maximum atomic E-state index is 10.7. The first-order valence-electron chi connectivity index (χ1n) is 11.4. The Morgan fingerprint density at radius 3 is 1.24 bits per heavy atom. The van der Waals surface area contributed by atoms with Crippen molar-refractivity contribution in [3.05, 3.63) is 61.4 Å². The highest BCUT2D eigenvalue weighted by Gasteiger charge is 2.37. The van der Waals surface area contributed by atoms with E-state index in [-0.39, 0.29) is 0 Å². The lowest BCUT2D eigenvalue weighted by molar-refractivity contribution is -0.670. The van der Waals surface area contributed by atoms with Gasteiger partial charge in [-0.1, -0.05) is 12.1 Å². The first-order chi connectivity index (χ1) is 19.0. The van der Waals surface area contributed by atoms with Crippen molar-refractivity contribution in [1.82, 2.24) is 8.80 Å². The molecule has 42 heavy (non-hydrogen) atoms. The quantitative estimate of drug-likeness (QED) is 0.138. The predicted molar refractivity (Wildman–Crippen MR) is 135 cm³/mol. The first kappa shape index (κ1) is 34.6. The molecule has 0 saturated carbocycles. The zero-order valence-corrected chi connectivity index (χ0v) is 24.0. The van der Waals surface area contributed by atoms with Gasteiger partial charge in [-0.3, -0.25) is 0 Å². The van der Waals surface area contributed by atoms with E-state index in [9.17, 15) is 26.3 Å². The largest absolute Gasteiger partial charge is 0.741 e. The Bertz CT molecular complexity index is 1610. The van der Waals surface area contributed by atoms with E-state index in [1.54, 1.807) is 0 Å². The molecule has 20 heteroatoms. The van der Waals surface area contributed by atoms with Crippen LogP contribution in [0.4, 0.5) is 38.0 Å². The van der Waals surface area contributed by atoms with Gasteiger partial charge in [-0.15, -0.1) is 0 Å². The van der Waals surface area contributed by atoms with Crippen molar-refractivity contribution in [3.8, 4) is 0 Å². The standard InChI is InChI=1S/C20H26N6.2CHF3O3S/c1-21-13-17-7-5-9-19(25(17)15-21)23(3)11-12-24(4)20-10-6-8-18-14-22(2)16-26(18)20;2*2-1(3,4)8(5,6)7/h5-10,13-16H,11-12H2,1-4H3;2*(H,5,6,7)/q+2;;/p-2. The Labute approximate surface area is 236 Å². The summed E-state index contributed by atoms with van der Waals surface area (Å²) in [4.78, 5) is 4.61. The zero-order chi connectivity index (χ0) is 32.3. The van der Waals surface area contributed by atoms with Crippen LogP contribution in [0.5, 0.6) is 0 Å². The second kappa shape index (κ2) is 12.7. The van der Waals surface area contributed by atoms with Crippen molar-refractivity contribution in [2.45, 2.75) is 11.0 Å². The molecule has 0 bridgehead atoms. The summed E-state index contributed by atoms with van der Waals surface area (Å²) < 4.78 is 126. The molecule has 0 atom stereocenters. The summed E-state index contributed by atoms with van der Waals surface area (Å²) in [6.45, 7) is 1.86. The Kier molecular flexibility index (Phi) is 10.5. The van der Waals surface area contributed by atoms with Gasteiger partial charge < -0.3 is 18.9 Å². The van der Waals surface area contributed by atoms with Crippen LogP contribution in [0, 0.1) is 0 Å². The fraction of sp³-hybridized carbons (Fsp3) is 0.364. The molecule has 12 nitrogen and oxygen atoms in total. The van der Waals surface area contributed by atoms with Crippen molar-refractivity contribution < 1.29 is 61.4 Å². The molecule has 4 aromatic heterocycles. The number of aromatic nitrogens is 4. The number of hydrogen-bond donors (Lipinski definition) is 0. The van der Waals surface area contributed by atoms with Crippen LogP contribution < -0.4 is 18.9 Å². The lowest BCUT2D eigenvalue weighted by Gasteiger charge is -2.22. The fourth-order valence-electron chi connectivity index (χ4n) is 3.51. The van der Waals surface area contributed by atoms with Gasteiger partial charge in [0.1, 0.15) is 12.4 Å². The van der Waals surface area contributed by atoms with Gasteiger partial charge in [0, 0.05) is 39.3 Å². The van der Waals surface area contributed by atoms with Crippen molar-refractivity contribution in [3.63, 3.8) is 0 Å². The summed E-state index contributed by atoms with van der Waals surface area (Å²) in [6, 6.07) is 12.8. The van der Waals surface area contributed by atoms with Gasteiger partial charge in [0.25, 0.3) is 0 Å². The molecule has 0 unspecified atom stereocenters. The van der Waals surface area contributed by atoms with Crippen LogP contribution >= 0.6 is 0 Å². The van der Waals surface area contributed by atoms with Crippen molar-refractivity contribution in [1.29, 1.82) is 0 Å². The number of fused-ring (bicyclic) bond motifs is 2. The second-order valence-corrected chi connectivity index (χ2v) is 11.6. The molecule has 0 saturated heterocycles. The highest BCUT2D eigenvalue weighted by molar-refractivity contribution is 7.86. The molecule has 4 rings (SSSR count). The van der Waals surface area contributed by atoms with Gasteiger partial charge in [-0.05, 0) is 12.1 Å². The minimum Gasteiger partial charge on any atom is -0.741 e. The van der Waals surface area contributed by atoms with E-state index in [0.29, 0.717) is 0 Å². The van der Waals surface area contributed by atoms with Crippen LogP contribution in [0.1, 0.15) is 0 Å². The molecule has 0 aliphatic heterocycles. The molecule has 4 heterocycles. The predicted octanol–water partition coefficient (Wildman–Crippen LogP) is 1.52. The Balaban J connectivity index is 0.000000319. The molecule has 0 spiro atoms. The van der Waals surface area contributed by atoms with Crippen molar-refractivity contribution in [2.24, 2.45) is 14.1 Å². The van der Waals surface area contributed by atoms with E-state index in [1.165, 1.54) is 22.7 Å². The van der Waals surface area contributed by atoms with Crippen LogP contribution in [0.3, 0.4) is 0 Å². The number of imidazole rings is 2. The molecule has 0 aromatic carbocycles. The second-order valence-electron chi connectivity index (χ2n) is 8.82. The molecule has 0 radical (unpaired) electrons. The number of anilines is 2. The lowest BCUT2D eigenvalue weighted by Crippen LogP contribution is -2.32. The summed E-state index contributed by atoms with van der Waals surface area (Å²) in [5.74, 6) is 2.39. The van der Waals surface area contributed by atoms with Crippen LogP contribution in [0.25, 0.3) is 11.0 Å². The third-order valence-corrected chi connectivity index (χ3v) is 6.60. The Hall–Kier alpha value is -3.62. The average molecular weight is 649 g/mol. The lowest BCUT2D eigenvalue weighted by atomic mass is 10.3. The Morgan fingerprint density at radius 1 is 0.690 bits per heavy atom. The van der Waals surface area contributed by atoms with Crippen LogP contribution in [0.15, 0.2) is 61.4 Å². The molecule has 0 amide bonds. The molecule has 0 aliphatic rings. The number of likely N-dealkylation sites (N-methyl/N-ethyl adjacent to an activating group) is 2. The topological polar surface area (TPSA) is 137 Å². The maximum Gasteiger partial charge on any atom is 0.485 e. The fourth-order valence-corrected chi connectivity index (χ4v) is 3.51. The summed E-state index contributed by atoms with van der Waals surface area (Å²) >= 11 is 0. The third kappa shape index (κ3) is 8.94. The zero-order valence-electron chi connectivity index (χ0n) is 22.4. The van der Waals surface area contributed by atoms with E-state index in [1.807, 2.05) is 0 Å². The molecule has 4 aromatic rings. The van der Waals surface area contributed by atoms with Crippen LogP contribution in [0.2, 0.25) is 0 Å². The number of alkyl halides is 6. The highest BCUT2D eigenvalue weighted by Crippen LogP contribution is 2.21. The van der Waals surface area contributed by atoms with Gasteiger partial charge in [-0.25, -0.2) is 26.0 Å². The van der Waals surface area contributed by atoms with Gasteiger partial charge in [0.2, 0.25) is 24.3 Å². The molecule has 0 fully saturated rings. The maximum absolute atomic E-state index is 10.7.